The molecule has 0 saturated heterocycles. The van der Waals surface area contributed by atoms with Crippen molar-refractivity contribution in [3.05, 3.63) is 0 Å². The van der Waals surface area contributed by atoms with Gasteiger partial charge in [0.1, 0.15) is 0 Å². The Morgan fingerprint density at radius 3 is 1.16 bits per heavy atom. The van der Waals surface area contributed by atoms with Crippen LogP contribution in [-0.2, 0) is 11.8 Å². The fourth-order valence-corrected chi connectivity index (χ4v) is 9.81. The van der Waals surface area contributed by atoms with Crippen LogP contribution in [0.2, 0.25) is 0 Å². The Hall–Kier alpha value is 1.31. The van der Waals surface area contributed by atoms with Crippen LogP contribution >= 0.6 is 27.4 Å². The predicted octanol–water partition coefficient (Wildman–Crippen LogP) is 8.95. The summed E-state index contributed by atoms with van der Waals surface area (Å²) in [6.45, 7) is 4.53. The van der Waals surface area contributed by atoms with Crippen LogP contribution < -0.4 is 0 Å². The Morgan fingerprint density at radius 1 is 0.560 bits per heavy atom. The number of hydrogen-bond donors (Lipinski definition) is 1. The van der Waals surface area contributed by atoms with Gasteiger partial charge in [-0.2, -0.15) is 0 Å². The summed E-state index contributed by atoms with van der Waals surface area (Å²) in [5.74, 6) is 2.10. The molecule has 0 aliphatic rings. The monoisotopic (exact) mass is 426 g/mol. The molecule has 0 saturated carbocycles. The molecule has 0 aromatic heterocycles. The van der Waals surface area contributed by atoms with E-state index in [9.17, 15) is 4.89 Å². The molecule has 0 aromatic rings. The van der Waals surface area contributed by atoms with Gasteiger partial charge < -0.3 is 4.89 Å². The second-order valence-electron chi connectivity index (χ2n) is 7.08. The Bertz CT molecular complexity index is 287. The average molecular weight is 427 g/mol. The van der Waals surface area contributed by atoms with Crippen molar-refractivity contribution in [3.8, 4) is 0 Å². The zero-order valence-corrected chi connectivity index (χ0v) is 20.2. The van der Waals surface area contributed by atoms with Crippen molar-refractivity contribution >= 4 is 39.2 Å². The molecule has 152 valence electrons. The Labute approximate surface area is 171 Å². The highest BCUT2D eigenvalue weighted by Crippen LogP contribution is 2.66. The lowest BCUT2D eigenvalue weighted by molar-refractivity contribution is 0.586. The van der Waals surface area contributed by atoms with Crippen molar-refractivity contribution in [1.82, 2.24) is 0 Å². The summed E-state index contributed by atoms with van der Waals surface area (Å²) in [4.78, 5) is 10.4. The Kier molecular flexibility index (Phi) is 21.1. The molecule has 0 aliphatic heterocycles. The third-order valence-corrected chi connectivity index (χ3v) is 12.9. The lowest BCUT2D eigenvalue weighted by Gasteiger charge is -2.13. The number of rotatable bonds is 20. The Balaban J connectivity index is 3.34. The van der Waals surface area contributed by atoms with Crippen LogP contribution in [0.4, 0.5) is 0 Å². The first-order valence-corrected chi connectivity index (χ1v) is 16.7. The van der Waals surface area contributed by atoms with Crippen LogP contribution in [0.1, 0.15) is 117 Å². The third-order valence-electron chi connectivity index (χ3n) is 4.50. The molecule has 1 N–H and O–H groups in total. The van der Waals surface area contributed by atoms with Crippen molar-refractivity contribution in [1.29, 1.82) is 0 Å². The molecule has 0 rings (SSSR count). The lowest BCUT2D eigenvalue weighted by Crippen LogP contribution is -1.85. The summed E-state index contributed by atoms with van der Waals surface area (Å²) in [5.41, 5.74) is 0. The minimum Gasteiger partial charge on any atom is -0.350 e. The van der Waals surface area contributed by atoms with Crippen LogP contribution in [0.25, 0.3) is 0 Å². The van der Waals surface area contributed by atoms with Crippen LogP contribution in [0.3, 0.4) is 0 Å². The minimum absolute atomic E-state index is 1.05. The topological polar surface area (TPSA) is 20.2 Å². The highest BCUT2D eigenvalue weighted by atomic mass is 33.2. The first-order chi connectivity index (χ1) is 12.1. The van der Waals surface area contributed by atoms with Gasteiger partial charge in [-0.25, -0.2) is 0 Å². The zero-order valence-electron chi connectivity index (χ0n) is 16.8. The third kappa shape index (κ3) is 21.5. The predicted molar refractivity (Wildman–Crippen MR) is 127 cm³/mol. The van der Waals surface area contributed by atoms with Crippen molar-refractivity contribution in [2.45, 2.75) is 117 Å². The molecule has 0 fully saturated rings. The molecule has 5 heteroatoms. The molecule has 0 bridgehead atoms. The van der Waals surface area contributed by atoms with Crippen molar-refractivity contribution in [2.24, 2.45) is 0 Å². The maximum atomic E-state index is 10.4. The van der Waals surface area contributed by atoms with Gasteiger partial charge in [0, 0.05) is 11.5 Å². The average Bonchev–Trinajstić information content (AvgIpc) is 2.59. The van der Waals surface area contributed by atoms with Crippen LogP contribution in [0.5, 0.6) is 0 Å². The first-order valence-electron chi connectivity index (χ1n) is 10.7. The van der Waals surface area contributed by atoms with E-state index in [4.69, 9.17) is 11.8 Å². The van der Waals surface area contributed by atoms with Crippen molar-refractivity contribution < 1.29 is 4.89 Å². The lowest BCUT2D eigenvalue weighted by atomic mass is 10.1. The van der Waals surface area contributed by atoms with E-state index in [1.165, 1.54) is 103 Å². The molecule has 25 heavy (non-hydrogen) atoms. The SMILES string of the molecule is CCCCCCCCCCSP(O)(=S)SCCCCCCCCCC. The van der Waals surface area contributed by atoms with E-state index in [0.717, 1.165) is 11.5 Å². The van der Waals surface area contributed by atoms with E-state index >= 15 is 0 Å². The molecular weight excluding hydrogens is 383 g/mol. The van der Waals surface area contributed by atoms with E-state index in [1.807, 2.05) is 0 Å². The van der Waals surface area contributed by atoms with Crippen LogP contribution in [0.15, 0.2) is 0 Å². The van der Waals surface area contributed by atoms with Crippen LogP contribution in [0, 0.1) is 0 Å². The van der Waals surface area contributed by atoms with Gasteiger partial charge in [-0.3, -0.25) is 0 Å². The van der Waals surface area contributed by atoms with Crippen molar-refractivity contribution in [2.75, 3.05) is 11.5 Å². The van der Waals surface area contributed by atoms with Gasteiger partial charge in [0.25, 0.3) is 0 Å². The molecular formula is C20H43OPS3. The van der Waals surface area contributed by atoms with Gasteiger partial charge in [0.15, 0.2) is 4.67 Å². The standard InChI is InChI=1S/C20H43OPS3/c1-3-5-7-9-11-13-15-17-19-24-22(21,23)25-20-18-16-14-12-10-8-6-4-2/h3-20H2,1-2H3,(H,21,23). The second-order valence-corrected chi connectivity index (χ2v) is 17.7. The largest absolute Gasteiger partial charge is 0.350 e. The minimum atomic E-state index is -2.17. The van der Waals surface area contributed by atoms with Crippen molar-refractivity contribution in [3.63, 3.8) is 0 Å². The summed E-state index contributed by atoms with van der Waals surface area (Å²) < 4.78 is -2.17. The van der Waals surface area contributed by atoms with E-state index in [2.05, 4.69) is 13.8 Å². The van der Waals surface area contributed by atoms with Gasteiger partial charge >= 0.3 is 0 Å². The quantitative estimate of drug-likeness (QED) is 0.155. The molecule has 0 aromatic carbocycles. The van der Waals surface area contributed by atoms with Gasteiger partial charge in [-0.15, -0.1) is 0 Å². The summed E-state index contributed by atoms with van der Waals surface area (Å²) >= 11 is 8.78. The molecule has 0 atom stereocenters. The fourth-order valence-electron chi connectivity index (χ4n) is 2.87. The highest BCUT2D eigenvalue weighted by Gasteiger charge is 2.13. The molecule has 0 heterocycles. The van der Waals surface area contributed by atoms with E-state index in [-0.39, 0.29) is 0 Å². The maximum Gasteiger partial charge on any atom is 0.172 e. The van der Waals surface area contributed by atoms with Gasteiger partial charge in [0.2, 0.25) is 0 Å². The van der Waals surface area contributed by atoms with E-state index < -0.39 is 4.67 Å². The summed E-state index contributed by atoms with van der Waals surface area (Å²) in [6.07, 6.45) is 21.5. The number of hydrogen-bond acceptors (Lipinski definition) is 3. The second kappa shape index (κ2) is 20.1. The normalized spacial score (nSPS) is 12.0. The summed E-state index contributed by atoms with van der Waals surface area (Å²) in [6, 6.07) is 0. The molecule has 1 nitrogen and oxygen atoms in total. The van der Waals surface area contributed by atoms with Gasteiger partial charge in [-0.1, -0.05) is 127 Å². The zero-order chi connectivity index (χ0) is 18.6. The molecule has 0 spiro atoms. The smallest absolute Gasteiger partial charge is 0.172 e. The fraction of sp³-hybridized carbons (Fsp3) is 1.00. The molecule has 0 aliphatic carbocycles. The van der Waals surface area contributed by atoms with Crippen LogP contribution in [-0.4, -0.2) is 16.4 Å². The molecule has 0 radical (unpaired) electrons. The Morgan fingerprint density at radius 2 is 0.840 bits per heavy atom. The molecule has 0 amide bonds. The maximum absolute atomic E-state index is 10.4. The molecule has 0 unspecified atom stereocenters. The van der Waals surface area contributed by atoms with Gasteiger partial charge in [0.05, 0.1) is 0 Å². The first kappa shape index (κ1) is 26.3. The summed E-state index contributed by atoms with van der Waals surface area (Å²) in [7, 11) is 0. The number of unbranched alkanes of at least 4 members (excludes halogenated alkanes) is 14. The highest BCUT2D eigenvalue weighted by molar-refractivity contribution is 8.98. The van der Waals surface area contributed by atoms with E-state index in [0.29, 0.717) is 0 Å². The van der Waals surface area contributed by atoms with E-state index in [1.54, 1.807) is 22.8 Å². The van der Waals surface area contributed by atoms with Gasteiger partial charge in [-0.05, 0) is 24.6 Å². The summed E-state index contributed by atoms with van der Waals surface area (Å²) in [5, 5.41) is 0.